The average molecular weight is 307 g/mol. The number of carbonyl (C=O) groups is 1. The van der Waals surface area contributed by atoms with Gasteiger partial charge >= 0.3 is 5.97 Å². The van der Waals surface area contributed by atoms with Crippen LogP contribution in [0, 0.1) is 0 Å². The number of hydrogen-bond donors (Lipinski definition) is 0. The number of esters is 1. The van der Waals surface area contributed by atoms with E-state index in [-0.39, 0.29) is 12.1 Å². The molecule has 0 aliphatic carbocycles. The molecule has 1 aromatic rings. The first-order chi connectivity index (χ1) is 10.3. The summed E-state index contributed by atoms with van der Waals surface area (Å²) in [5.41, 5.74) is 1.95. The third-order valence-electron chi connectivity index (χ3n) is 3.06. The maximum absolute atomic E-state index is 12.0. The minimum Gasteiger partial charge on any atom is -0.454 e. The molecule has 0 fully saturated rings. The van der Waals surface area contributed by atoms with Gasteiger partial charge in [-0.05, 0) is 31.1 Å². The molecular weight excluding hydrogens is 284 g/mol. The molecule has 0 amide bonds. The molecule has 1 aromatic carbocycles. The summed E-state index contributed by atoms with van der Waals surface area (Å²) in [5, 5.41) is 0. The lowest BCUT2D eigenvalue weighted by atomic mass is 10.1. The zero-order valence-electron chi connectivity index (χ0n) is 12.5. The fourth-order valence-corrected chi connectivity index (χ4v) is 2.05. The van der Waals surface area contributed by atoms with Gasteiger partial charge in [-0.25, -0.2) is 4.79 Å². The van der Waals surface area contributed by atoms with Crippen LogP contribution in [0.25, 0.3) is 0 Å². The summed E-state index contributed by atoms with van der Waals surface area (Å²) in [4.78, 5) is 12.0. The first kappa shape index (κ1) is 17.5. The molecule has 0 N–H and O–H groups in total. The van der Waals surface area contributed by atoms with Crippen molar-refractivity contribution in [3.05, 3.63) is 59.7 Å². The van der Waals surface area contributed by atoms with E-state index >= 15 is 0 Å². The molecule has 0 saturated heterocycles. The predicted octanol–water partition coefficient (Wildman–Crippen LogP) is 5.49. The zero-order chi connectivity index (χ0) is 15.3. The zero-order valence-corrected chi connectivity index (χ0v) is 13.3. The van der Waals surface area contributed by atoms with Crippen molar-refractivity contribution in [1.29, 1.82) is 0 Å². The second kappa shape index (κ2) is 11.2. The summed E-state index contributed by atoms with van der Waals surface area (Å²) in [5.74, 6) is -0.324. The molecule has 114 valence electrons. The largest absolute Gasteiger partial charge is 0.454 e. The molecule has 1 rings (SSSR count). The lowest BCUT2D eigenvalue weighted by Gasteiger charge is -2.12. The van der Waals surface area contributed by atoms with Crippen molar-refractivity contribution in [2.24, 2.45) is 0 Å². The number of benzene rings is 1. The Morgan fingerprint density at radius 1 is 1.24 bits per heavy atom. The van der Waals surface area contributed by atoms with Gasteiger partial charge < -0.3 is 4.74 Å². The van der Waals surface area contributed by atoms with E-state index in [1.54, 1.807) is 18.2 Å². The molecule has 0 aromatic heterocycles. The van der Waals surface area contributed by atoms with Crippen LogP contribution in [0.2, 0.25) is 0 Å². The van der Waals surface area contributed by atoms with Crippen LogP contribution in [0.1, 0.15) is 49.4 Å². The molecule has 0 aliphatic rings. The Balaban J connectivity index is 2.44. The summed E-state index contributed by atoms with van der Waals surface area (Å²) >= 11 is 5.61. The summed E-state index contributed by atoms with van der Waals surface area (Å²) in [6, 6.07) is 8.98. The minimum absolute atomic E-state index is 0.322. The maximum atomic E-state index is 12.0. The smallest absolute Gasteiger partial charge is 0.338 e. The first-order valence-corrected chi connectivity index (χ1v) is 7.89. The summed E-state index contributed by atoms with van der Waals surface area (Å²) in [6.07, 6.45) is 10.9. The number of hydrogen-bond acceptors (Lipinski definition) is 2. The predicted molar refractivity (Wildman–Crippen MR) is 88.5 cm³/mol. The highest BCUT2D eigenvalue weighted by molar-refractivity contribution is 6.25. The highest BCUT2D eigenvalue weighted by Crippen LogP contribution is 2.10. The standard InChI is InChI=1S/C18H23ClO2/c1-2-3-4-5-6-10-13-17(14-15-19)21-18(20)16-11-8-7-9-12-16/h6-12,14-15,17H,2-5,13H2,1H3/b10-6-,15-14?/t17-/m1/s1. The van der Waals surface area contributed by atoms with Crippen molar-refractivity contribution >= 4 is 17.6 Å². The molecule has 0 unspecified atom stereocenters. The van der Waals surface area contributed by atoms with Crippen molar-refractivity contribution in [3.8, 4) is 0 Å². The molecular formula is C18H23ClO2. The molecule has 3 heteroatoms. The first-order valence-electron chi connectivity index (χ1n) is 7.45. The van der Waals surface area contributed by atoms with Gasteiger partial charge in [0.2, 0.25) is 0 Å². The molecule has 0 radical (unpaired) electrons. The van der Waals surface area contributed by atoms with Gasteiger partial charge in [0.1, 0.15) is 6.10 Å². The molecule has 1 atom stereocenters. The Morgan fingerprint density at radius 3 is 2.67 bits per heavy atom. The molecule has 0 spiro atoms. The van der Waals surface area contributed by atoms with Crippen LogP contribution in [0.15, 0.2) is 54.1 Å². The third-order valence-corrected chi connectivity index (χ3v) is 3.21. The van der Waals surface area contributed by atoms with E-state index in [4.69, 9.17) is 16.3 Å². The number of ether oxygens (including phenoxy) is 1. The fraction of sp³-hybridized carbons (Fsp3) is 0.389. The van der Waals surface area contributed by atoms with Gasteiger partial charge in [-0.3, -0.25) is 0 Å². The number of allylic oxidation sites excluding steroid dienone is 1. The quantitative estimate of drug-likeness (QED) is 0.342. The Morgan fingerprint density at radius 2 is 2.00 bits per heavy atom. The van der Waals surface area contributed by atoms with E-state index in [9.17, 15) is 4.79 Å². The second-order valence-corrected chi connectivity index (χ2v) is 5.08. The van der Waals surface area contributed by atoms with E-state index < -0.39 is 0 Å². The van der Waals surface area contributed by atoms with Crippen LogP contribution in [0.4, 0.5) is 0 Å². The number of carbonyl (C=O) groups excluding carboxylic acids is 1. The molecule has 21 heavy (non-hydrogen) atoms. The SMILES string of the molecule is CCCCC/C=C\C[C@H](C=CCl)OC(=O)c1ccccc1. The molecule has 0 bridgehead atoms. The van der Waals surface area contributed by atoms with Crippen molar-refractivity contribution in [1.82, 2.24) is 0 Å². The number of unbranched alkanes of at least 4 members (excludes halogenated alkanes) is 3. The number of rotatable bonds is 9. The second-order valence-electron chi connectivity index (χ2n) is 4.83. The van der Waals surface area contributed by atoms with E-state index in [1.165, 1.54) is 24.8 Å². The van der Waals surface area contributed by atoms with E-state index in [1.807, 2.05) is 18.2 Å². The fourth-order valence-electron chi connectivity index (χ4n) is 1.89. The third kappa shape index (κ3) is 7.72. The van der Waals surface area contributed by atoms with Crippen molar-refractivity contribution in [2.75, 3.05) is 0 Å². The normalized spacial score (nSPS) is 12.9. The lowest BCUT2D eigenvalue weighted by Crippen LogP contribution is -2.15. The lowest BCUT2D eigenvalue weighted by molar-refractivity contribution is 0.0400. The summed E-state index contributed by atoms with van der Waals surface area (Å²) in [7, 11) is 0. The van der Waals surface area contributed by atoms with Gasteiger partial charge in [0.25, 0.3) is 0 Å². The van der Waals surface area contributed by atoms with Gasteiger partial charge in [-0.1, -0.05) is 61.7 Å². The molecule has 0 heterocycles. The Labute approximate surface area is 132 Å². The van der Waals surface area contributed by atoms with Crippen molar-refractivity contribution < 1.29 is 9.53 Å². The minimum atomic E-state index is -0.324. The van der Waals surface area contributed by atoms with Gasteiger partial charge in [0.05, 0.1) is 5.56 Å². The van der Waals surface area contributed by atoms with Gasteiger partial charge in [-0.2, -0.15) is 0 Å². The van der Waals surface area contributed by atoms with Gasteiger partial charge in [0.15, 0.2) is 0 Å². The van der Waals surface area contributed by atoms with E-state index in [2.05, 4.69) is 19.1 Å². The highest BCUT2D eigenvalue weighted by atomic mass is 35.5. The Hall–Kier alpha value is -1.54. The van der Waals surface area contributed by atoms with Crippen LogP contribution < -0.4 is 0 Å². The van der Waals surface area contributed by atoms with Gasteiger partial charge in [0, 0.05) is 12.0 Å². The van der Waals surface area contributed by atoms with Crippen LogP contribution in [0.3, 0.4) is 0 Å². The Kier molecular flexibility index (Phi) is 9.30. The monoisotopic (exact) mass is 306 g/mol. The van der Waals surface area contributed by atoms with Gasteiger partial charge in [-0.15, -0.1) is 0 Å². The van der Waals surface area contributed by atoms with Crippen LogP contribution in [-0.4, -0.2) is 12.1 Å². The van der Waals surface area contributed by atoms with Crippen molar-refractivity contribution in [2.45, 2.75) is 45.1 Å². The van der Waals surface area contributed by atoms with Crippen LogP contribution in [0.5, 0.6) is 0 Å². The average Bonchev–Trinajstić information content (AvgIpc) is 2.51. The van der Waals surface area contributed by atoms with Crippen LogP contribution in [-0.2, 0) is 4.74 Å². The van der Waals surface area contributed by atoms with E-state index in [0.29, 0.717) is 12.0 Å². The summed E-state index contributed by atoms with van der Waals surface area (Å²) in [6.45, 7) is 2.19. The molecule has 2 nitrogen and oxygen atoms in total. The topological polar surface area (TPSA) is 26.3 Å². The maximum Gasteiger partial charge on any atom is 0.338 e. The molecule has 0 saturated carbocycles. The van der Waals surface area contributed by atoms with E-state index in [0.717, 1.165) is 6.42 Å². The van der Waals surface area contributed by atoms with Crippen molar-refractivity contribution in [3.63, 3.8) is 0 Å². The number of halogens is 1. The Bertz CT molecular complexity index is 452. The highest BCUT2D eigenvalue weighted by Gasteiger charge is 2.11. The van der Waals surface area contributed by atoms with Crippen LogP contribution >= 0.6 is 11.6 Å². The summed E-state index contributed by atoms with van der Waals surface area (Å²) < 4.78 is 5.44. The molecule has 0 aliphatic heterocycles.